The van der Waals surface area contributed by atoms with Crippen LogP contribution in [-0.4, -0.2) is 47.2 Å². The third kappa shape index (κ3) is 5.96. The summed E-state index contributed by atoms with van der Waals surface area (Å²) < 4.78 is 5.45. The maximum Gasteiger partial charge on any atom is 0.323 e. The van der Waals surface area contributed by atoms with Gasteiger partial charge in [0.05, 0.1) is 6.61 Å². The summed E-state index contributed by atoms with van der Waals surface area (Å²) in [5, 5.41) is 6.14. The van der Waals surface area contributed by atoms with Crippen LogP contribution in [-0.2, 0) is 0 Å². The molecule has 0 spiro atoms. The highest BCUT2D eigenvalue weighted by atomic mass is 32.2. The smallest absolute Gasteiger partial charge is 0.323 e. The van der Waals surface area contributed by atoms with Crippen molar-refractivity contribution in [2.45, 2.75) is 20.3 Å². The molecule has 2 N–H and O–H groups in total. The Labute approximate surface area is 119 Å². The van der Waals surface area contributed by atoms with Gasteiger partial charge in [0, 0.05) is 13.6 Å². The van der Waals surface area contributed by atoms with Crippen LogP contribution in [0.15, 0.2) is 0 Å². The zero-order valence-electron chi connectivity index (χ0n) is 12.1. The average molecular weight is 285 g/mol. The van der Waals surface area contributed by atoms with Crippen molar-refractivity contribution in [3.05, 3.63) is 0 Å². The second-order valence-corrected chi connectivity index (χ2v) is 5.22. The fourth-order valence-corrected chi connectivity index (χ4v) is 2.10. The molecule has 1 aromatic rings. The quantitative estimate of drug-likeness (QED) is 0.720. The van der Waals surface area contributed by atoms with E-state index < -0.39 is 0 Å². The van der Waals surface area contributed by atoms with Crippen LogP contribution in [0.1, 0.15) is 20.3 Å². The number of nitrogens with one attached hydrogen (secondary N) is 2. The summed E-state index contributed by atoms with van der Waals surface area (Å²) in [7, 11) is 1.78. The average Bonchev–Trinajstić information content (AvgIpc) is 2.43. The largest absolute Gasteiger partial charge is 0.463 e. The molecule has 6 nitrogen and oxygen atoms in total. The first-order chi connectivity index (χ1) is 9.19. The van der Waals surface area contributed by atoms with Crippen LogP contribution in [0.4, 0.5) is 11.9 Å². The van der Waals surface area contributed by atoms with E-state index in [1.54, 1.807) is 7.05 Å². The van der Waals surface area contributed by atoms with E-state index in [0.29, 0.717) is 30.4 Å². The third-order valence-corrected chi connectivity index (χ3v) is 3.24. The zero-order chi connectivity index (χ0) is 14.1. The first-order valence-corrected chi connectivity index (χ1v) is 7.88. The normalized spacial score (nSPS) is 12.0. The topological polar surface area (TPSA) is 72.0 Å². The highest BCUT2D eigenvalue weighted by Gasteiger charge is 2.08. The van der Waals surface area contributed by atoms with Gasteiger partial charge in [-0.15, -0.1) is 0 Å². The first-order valence-electron chi connectivity index (χ1n) is 6.49. The molecule has 0 aliphatic carbocycles. The van der Waals surface area contributed by atoms with Gasteiger partial charge in [-0.05, 0) is 24.3 Å². The third-order valence-electron chi connectivity index (χ3n) is 2.33. The number of rotatable bonds is 9. The molecule has 0 aliphatic heterocycles. The van der Waals surface area contributed by atoms with E-state index >= 15 is 0 Å². The highest BCUT2D eigenvalue weighted by molar-refractivity contribution is 7.98. The van der Waals surface area contributed by atoms with Crippen molar-refractivity contribution in [2.75, 3.05) is 42.8 Å². The Bertz CT molecular complexity index is 377. The van der Waals surface area contributed by atoms with Gasteiger partial charge in [-0.25, -0.2) is 0 Å². The van der Waals surface area contributed by atoms with Gasteiger partial charge in [0.1, 0.15) is 0 Å². The summed E-state index contributed by atoms with van der Waals surface area (Å²) in [6.45, 7) is 5.68. The molecule has 0 saturated heterocycles. The maximum absolute atomic E-state index is 5.45. The predicted molar refractivity (Wildman–Crippen MR) is 81.2 cm³/mol. The molecule has 1 rings (SSSR count). The summed E-state index contributed by atoms with van der Waals surface area (Å²) >= 11 is 1.84. The maximum atomic E-state index is 5.45. The SMILES string of the molecule is CCCOc1nc(NC)nc(NCC(C)CSC)n1. The number of hydrogen-bond acceptors (Lipinski definition) is 7. The van der Waals surface area contributed by atoms with Gasteiger partial charge in [0.25, 0.3) is 0 Å². The molecule has 0 amide bonds. The van der Waals surface area contributed by atoms with Crippen LogP contribution in [0, 0.1) is 5.92 Å². The number of anilines is 2. The summed E-state index contributed by atoms with van der Waals surface area (Å²) in [5.74, 6) is 2.74. The second kappa shape index (κ2) is 8.79. The molecule has 1 heterocycles. The molecule has 0 saturated carbocycles. The van der Waals surface area contributed by atoms with Gasteiger partial charge >= 0.3 is 6.01 Å². The molecule has 108 valence electrons. The lowest BCUT2D eigenvalue weighted by Gasteiger charge is -2.12. The van der Waals surface area contributed by atoms with Crippen molar-refractivity contribution in [3.63, 3.8) is 0 Å². The van der Waals surface area contributed by atoms with E-state index in [4.69, 9.17) is 4.74 Å². The van der Waals surface area contributed by atoms with E-state index in [-0.39, 0.29) is 0 Å². The van der Waals surface area contributed by atoms with Crippen molar-refractivity contribution in [2.24, 2.45) is 5.92 Å². The van der Waals surface area contributed by atoms with Crippen LogP contribution >= 0.6 is 11.8 Å². The Morgan fingerprint density at radius 2 is 2.00 bits per heavy atom. The van der Waals surface area contributed by atoms with E-state index in [1.165, 1.54) is 0 Å². The van der Waals surface area contributed by atoms with Gasteiger partial charge in [-0.3, -0.25) is 0 Å². The van der Waals surface area contributed by atoms with E-state index in [9.17, 15) is 0 Å². The van der Waals surface area contributed by atoms with Gasteiger partial charge in [0.15, 0.2) is 0 Å². The Balaban J connectivity index is 2.65. The molecule has 0 radical (unpaired) electrons. The molecule has 1 atom stereocenters. The monoisotopic (exact) mass is 285 g/mol. The summed E-state index contributed by atoms with van der Waals surface area (Å²) in [6, 6.07) is 0.362. The fourth-order valence-electron chi connectivity index (χ4n) is 1.41. The molecule has 1 unspecified atom stereocenters. The Morgan fingerprint density at radius 3 is 2.63 bits per heavy atom. The van der Waals surface area contributed by atoms with Crippen LogP contribution in [0.3, 0.4) is 0 Å². The van der Waals surface area contributed by atoms with E-state index in [2.05, 4.69) is 38.8 Å². The Kier molecular flexibility index (Phi) is 7.32. The van der Waals surface area contributed by atoms with Crippen LogP contribution in [0.2, 0.25) is 0 Å². The number of nitrogens with zero attached hydrogens (tertiary/aromatic N) is 3. The van der Waals surface area contributed by atoms with Crippen molar-refractivity contribution in [1.29, 1.82) is 0 Å². The highest BCUT2D eigenvalue weighted by Crippen LogP contribution is 2.12. The molecular weight excluding hydrogens is 262 g/mol. The number of aromatic nitrogens is 3. The van der Waals surface area contributed by atoms with Crippen molar-refractivity contribution in [3.8, 4) is 6.01 Å². The number of thioether (sulfide) groups is 1. The lowest BCUT2D eigenvalue weighted by Crippen LogP contribution is -2.16. The fraction of sp³-hybridized carbons (Fsp3) is 0.750. The molecule has 1 aromatic heterocycles. The minimum absolute atomic E-state index is 0.362. The molecule has 0 aliphatic rings. The molecule has 0 aromatic carbocycles. The van der Waals surface area contributed by atoms with Crippen LogP contribution in [0.25, 0.3) is 0 Å². The van der Waals surface area contributed by atoms with Gasteiger partial charge in [-0.1, -0.05) is 13.8 Å². The van der Waals surface area contributed by atoms with Crippen LogP contribution < -0.4 is 15.4 Å². The number of ether oxygens (including phenoxy) is 1. The Hall–Kier alpha value is -1.24. The standard InChI is InChI=1S/C12H23N5OS/c1-5-6-18-12-16-10(13-3)15-11(17-12)14-7-9(2)8-19-4/h9H,5-8H2,1-4H3,(H2,13,14,15,16,17). The van der Waals surface area contributed by atoms with Crippen LogP contribution in [0.5, 0.6) is 6.01 Å². The summed E-state index contributed by atoms with van der Waals surface area (Å²) in [5.41, 5.74) is 0. The Morgan fingerprint density at radius 1 is 1.26 bits per heavy atom. The molecule has 7 heteroatoms. The van der Waals surface area contributed by atoms with Gasteiger partial charge in [0.2, 0.25) is 11.9 Å². The van der Waals surface area contributed by atoms with Crippen molar-refractivity contribution in [1.82, 2.24) is 15.0 Å². The van der Waals surface area contributed by atoms with E-state index in [0.717, 1.165) is 18.7 Å². The predicted octanol–water partition coefficient (Wildman–Crippen LogP) is 2.11. The zero-order valence-corrected chi connectivity index (χ0v) is 12.9. The molecular formula is C12H23N5OS. The molecule has 19 heavy (non-hydrogen) atoms. The lowest BCUT2D eigenvalue weighted by molar-refractivity contribution is 0.292. The summed E-state index contributed by atoms with van der Waals surface area (Å²) in [6.07, 6.45) is 3.03. The van der Waals surface area contributed by atoms with E-state index in [1.807, 2.05) is 18.7 Å². The molecule has 0 bridgehead atoms. The lowest BCUT2D eigenvalue weighted by atomic mass is 10.2. The van der Waals surface area contributed by atoms with Crippen molar-refractivity contribution < 1.29 is 4.74 Å². The van der Waals surface area contributed by atoms with Gasteiger partial charge in [-0.2, -0.15) is 26.7 Å². The second-order valence-electron chi connectivity index (χ2n) is 4.31. The first kappa shape index (κ1) is 15.8. The number of hydrogen-bond donors (Lipinski definition) is 2. The summed E-state index contributed by atoms with van der Waals surface area (Å²) in [4.78, 5) is 12.7. The van der Waals surface area contributed by atoms with Gasteiger partial charge < -0.3 is 15.4 Å². The van der Waals surface area contributed by atoms with Crippen molar-refractivity contribution >= 4 is 23.7 Å². The minimum Gasteiger partial charge on any atom is -0.463 e. The minimum atomic E-state index is 0.362. The molecule has 0 fully saturated rings.